The van der Waals surface area contributed by atoms with Crippen LogP contribution >= 0.6 is 24.4 Å². The molecule has 0 aromatic carbocycles. The monoisotopic (exact) mass is 199 g/mol. The van der Waals surface area contributed by atoms with Gasteiger partial charge in [-0.05, 0) is 36.6 Å². The van der Waals surface area contributed by atoms with E-state index in [1.54, 1.807) is 6.07 Å². The predicted molar refractivity (Wildman–Crippen MR) is 52.9 cm³/mol. The Morgan fingerprint density at radius 1 is 1.25 bits per heavy atom. The predicted octanol–water partition coefficient (Wildman–Crippen LogP) is 1.55. The van der Waals surface area contributed by atoms with Gasteiger partial charge >= 0.3 is 0 Å². The van der Waals surface area contributed by atoms with Gasteiger partial charge in [0, 0.05) is 6.20 Å². The average Bonchev–Trinajstić information content (AvgIpc) is 2.04. The van der Waals surface area contributed by atoms with Crippen molar-refractivity contribution < 1.29 is 10.2 Å². The van der Waals surface area contributed by atoms with E-state index >= 15 is 0 Å². The zero-order chi connectivity index (χ0) is 9.14. The second-order valence-electron chi connectivity index (χ2n) is 2.01. The molecular formula is C7H5NO2S2. The normalized spacial score (nSPS) is 9.33. The third-order valence-electron chi connectivity index (χ3n) is 1.24. The van der Waals surface area contributed by atoms with Gasteiger partial charge in [-0.1, -0.05) is 0 Å². The minimum atomic E-state index is -0.373. The van der Waals surface area contributed by atoms with Crippen molar-refractivity contribution in [3.8, 4) is 0 Å². The maximum Gasteiger partial charge on any atom is 0.208 e. The van der Waals surface area contributed by atoms with E-state index in [9.17, 15) is 0 Å². The van der Waals surface area contributed by atoms with Crippen molar-refractivity contribution in [2.24, 2.45) is 0 Å². The number of rotatable bonds is 2. The highest BCUT2D eigenvalue weighted by atomic mass is 32.1. The van der Waals surface area contributed by atoms with E-state index in [1.807, 2.05) is 0 Å². The van der Waals surface area contributed by atoms with E-state index in [2.05, 4.69) is 29.4 Å². The van der Waals surface area contributed by atoms with Crippen LogP contribution in [0.5, 0.6) is 0 Å². The summed E-state index contributed by atoms with van der Waals surface area (Å²) in [4.78, 5) is 3.76. The molecule has 0 aliphatic heterocycles. The molecule has 5 heteroatoms. The number of hydrogen-bond acceptors (Lipinski definition) is 3. The van der Waals surface area contributed by atoms with E-state index in [1.165, 1.54) is 12.3 Å². The van der Waals surface area contributed by atoms with Crippen molar-refractivity contribution in [3.05, 3.63) is 29.6 Å². The molecule has 0 atom stereocenters. The van der Waals surface area contributed by atoms with Crippen LogP contribution in [0.4, 0.5) is 0 Å². The first-order valence-electron chi connectivity index (χ1n) is 3.04. The van der Waals surface area contributed by atoms with Crippen LogP contribution in [-0.4, -0.2) is 25.3 Å². The lowest BCUT2D eigenvalue weighted by atomic mass is 10.2. The third-order valence-corrected chi connectivity index (χ3v) is 1.65. The molecule has 0 aliphatic carbocycles. The smallest absolute Gasteiger partial charge is 0.208 e. The fourth-order valence-electron chi connectivity index (χ4n) is 0.748. The van der Waals surface area contributed by atoms with E-state index < -0.39 is 0 Å². The van der Waals surface area contributed by atoms with Crippen molar-refractivity contribution >= 4 is 34.5 Å². The molecule has 1 heterocycles. The summed E-state index contributed by atoms with van der Waals surface area (Å²) in [5.74, 6) is 0. The van der Waals surface area contributed by atoms with Crippen LogP contribution in [0.25, 0.3) is 0 Å². The Morgan fingerprint density at radius 2 is 1.92 bits per heavy atom. The number of aliphatic hydroxyl groups excluding tert-OH is 2. The minimum absolute atomic E-state index is 0.139. The molecule has 0 spiro atoms. The second kappa shape index (κ2) is 3.55. The number of nitrogens with zero attached hydrogens (tertiary/aromatic N) is 1. The molecule has 2 N–H and O–H groups in total. The first kappa shape index (κ1) is 9.02. The molecule has 1 rings (SSSR count). The lowest BCUT2D eigenvalue weighted by Gasteiger charge is -2.01. The second-order valence-corrected chi connectivity index (χ2v) is 2.78. The average molecular weight is 199 g/mol. The van der Waals surface area contributed by atoms with Gasteiger partial charge in [-0.2, -0.15) is 0 Å². The Kier molecular flexibility index (Phi) is 2.67. The Bertz CT molecular complexity index is 305. The molecule has 1 aromatic heterocycles. The quantitative estimate of drug-likeness (QED) is 0.708. The number of hydrogen-bond donors (Lipinski definition) is 2. The van der Waals surface area contributed by atoms with Gasteiger partial charge in [-0.15, -0.1) is 0 Å². The lowest BCUT2D eigenvalue weighted by Crippen LogP contribution is -2.08. The summed E-state index contributed by atoms with van der Waals surface area (Å²) in [6.45, 7) is 0. The van der Waals surface area contributed by atoms with Gasteiger partial charge in [-0.25, -0.2) is 0 Å². The van der Waals surface area contributed by atoms with E-state index in [4.69, 9.17) is 10.2 Å². The summed E-state index contributed by atoms with van der Waals surface area (Å²) in [5, 5.41) is 17.2. The zero-order valence-corrected chi connectivity index (χ0v) is 7.52. The first-order chi connectivity index (χ1) is 5.63. The fraction of sp³-hybridized carbons (Fsp3) is 0. The molecule has 0 saturated heterocycles. The fourth-order valence-corrected chi connectivity index (χ4v) is 1.08. The Hall–Kier alpha value is -1.07. The molecule has 12 heavy (non-hydrogen) atoms. The summed E-state index contributed by atoms with van der Waals surface area (Å²) in [6.07, 6.45) is 1.46. The van der Waals surface area contributed by atoms with E-state index in [0.717, 1.165) is 0 Å². The maximum absolute atomic E-state index is 8.97. The summed E-state index contributed by atoms with van der Waals surface area (Å²) < 4.78 is 0. The van der Waals surface area contributed by atoms with Crippen molar-refractivity contribution in [3.63, 3.8) is 0 Å². The van der Waals surface area contributed by atoms with Gasteiger partial charge < -0.3 is 10.2 Å². The highest BCUT2D eigenvalue weighted by molar-refractivity contribution is 7.81. The number of aliphatic hydroxyl groups is 2. The van der Waals surface area contributed by atoms with Crippen molar-refractivity contribution in [1.82, 2.24) is 4.98 Å². The molecule has 1 aromatic rings. The largest absolute Gasteiger partial charge is 0.498 e. The Balaban J connectivity index is 3.27. The van der Waals surface area contributed by atoms with E-state index in [-0.39, 0.29) is 21.4 Å². The van der Waals surface area contributed by atoms with Crippen LogP contribution in [0, 0.1) is 0 Å². The van der Waals surface area contributed by atoms with Gasteiger partial charge in [-0.3, -0.25) is 4.98 Å². The SMILES string of the molecule is OC(=S)c1cccnc1C(O)=S. The minimum Gasteiger partial charge on any atom is -0.498 e. The highest BCUT2D eigenvalue weighted by Gasteiger charge is 2.09. The molecule has 3 nitrogen and oxygen atoms in total. The van der Waals surface area contributed by atoms with Crippen LogP contribution in [0.2, 0.25) is 0 Å². The number of pyridine rings is 1. The molecule has 0 radical (unpaired) electrons. The molecule has 62 valence electrons. The van der Waals surface area contributed by atoms with Gasteiger partial charge in [0.2, 0.25) is 5.05 Å². The summed E-state index contributed by atoms with van der Waals surface area (Å²) >= 11 is 9.00. The molecule has 0 aliphatic rings. The van der Waals surface area contributed by atoms with Crippen LogP contribution < -0.4 is 0 Å². The van der Waals surface area contributed by atoms with Crippen molar-refractivity contribution in [2.75, 3.05) is 0 Å². The molecule has 0 bridgehead atoms. The van der Waals surface area contributed by atoms with Crippen LogP contribution in [0.15, 0.2) is 18.3 Å². The van der Waals surface area contributed by atoms with Crippen LogP contribution in [-0.2, 0) is 0 Å². The van der Waals surface area contributed by atoms with Gasteiger partial charge in [0.15, 0.2) is 5.05 Å². The topological polar surface area (TPSA) is 53.4 Å². The number of aromatic nitrogens is 1. The third kappa shape index (κ3) is 1.75. The molecular weight excluding hydrogens is 194 g/mol. The molecule has 0 saturated carbocycles. The summed E-state index contributed by atoms with van der Waals surface area (Å²) in [6, 6.07) is 3.13. The van der Waals surface area contributed by atoms with E-state index in [0.29, 0.717) is 0 Å². The molecule has 0 unspecified atom stereocenters. The van der Waals surface area contributed by atoms with Crippen molar-refractivity contribution in [2.45, 2.75) is 0 Å². The lowest BCUT2D eigenvalue weighted by molar-refractivity contribution is 0.560. The van der Waals surface area contributed by atoms with Crippen LogP contribution in [0.1, 0.15) is 11.3 Å². The zero-order valence-electron chi connectivity index (χ0n) is 5.89. The molecule has 0 fully saturated rings. The highest BCUT2D eigenvalue weighted by Crippen LogP contribution is 2.06. The van der Waals surface area contributed by atoms with Gasteiger partial charge in [0.05, 0.1) is 5.56 Å². The first-order valence-corrected chi connectivity index (χ1v) is 3.86. The standard InChI is InChI=1S/C7H5NO2S2/c9-6(11)4-2-1-3-8-5(4)7(10)12/h1-3H,(H,9,11)(H,10,12). The molecule has 0 amide bonds. The summed E-state index contributed by atoms with van der Waals surface area (Å²) in [5.41, 5.74) is 0.417. The maximum atomic E-state index is 8.97. The van der Waals surface area contributed by atoms with Gasteiger partial charge in [0.1, 0.15) is 5.69 Å². The Labute approximate surface area is 79.7 Å². The van der Waals surface area contributed by atoms with Crippen LogP contribution in [0.3, 0.4) is 0 Å². The number of thiocarbonyl (C=S) groups is 2. The van der Waals surface area contributed by atoms with Gasteiger partial charge in [0.25, 0.3) is 0 Å². The Morgan fingerprint density at radius 3 is 2.33 bits per heavy atom. The van der Waals surface area contributed by atoms with Crippen molar-refractivity contribution in [1.29, 1.82) is 0 Å². The summed E-state index contributed by atoms with van der Waals surface area (Å²) in [7, 11) is 0.